The van der Waals surface area contributed by atoms with Crippen molar-refractivity contribution in [2.24, 2.45) is 5.92 Å². The Balaban J connectivity index is 2.26. The molecule has 3 heteroatoms. The van der Waals surface area contributed by atoms with Crippen LogP contribution in [0.3, 0.4) is 0 Å². The fourth-order valence-corrected chi connectivity index (χ4v) is 3.10. The zero-order valence-corrected chi connectivity index (χ0v) is 13.7. The van der Waals surface area contributed by atoms with Crippen LogP contribution < -0.4 is 0 Å². The molecular formula is C15H21IO2. The molecule has 0 aromatic heterocycles. The van der Waals surface area contributed by atoms with E-state index in [1.165, 1.54) is 20.3 Å². The van der Waals surface area contributed by atoms with E-state index >= 15 is 0 Å². The minimum absolute atomic E-state index is 0.195. The minimum atomic E-state index is -0.195. The van der Waals surface area contributed by atoms with Gasteiger partial charge in [-0.3, -0.25) is 0 Å². The van der Waals surface area contributed by atoms with Gasteiger partial charge >= 0.3 is 0 Å². The quantitative estimate of drug-likeness (QED) is 0.730. The Morgan fingerprint density at radius 2 is 2.00 bits per heavy atom. The molecule has 1 aromatic carbocycles. The molecule has 0 spiro atoms. The topological polar surface area (TPSA) is 18.5 Å². The average molecular weight is 360 g/mol. The summed E-state index contributed by atoms with van der Waals surface area (Å²) in [6.45, 7) is 9.47. The molecule has 18 heavy (non-hydrogen) atoms. The monoisotopic (exact) mass is 360 g/mol. The van der Waals surface area contributed by atoms with Gasteiger partial charge in [0.1, 0.15) is 0 Å². The number of ether oxygens (including phenoxy) is 2. The molecule has 1 heterocycles. The average Bonchev–Trinajstić information content (AvgIpc) is 2.34. The lowest BCUT2D eigenvalue weighted by atomic mass is 10.0. The van der Waals surface area contributed by atoms with E-state index in [1.807, 2.05) is 0 Å². The van der Waals surface area contributed by atoms with Gasteiger partial charge in [0.05, 0.1) is 12.7 Å². The Bertz CT molecular complexity index is 429. The number of aryl methyl sites for hydroxylation is 1. The van der Waals surface area contributed by atoms with Gasteiger partial charge in [-0.25, -0.2) is 0 Å². The van der Waals surface area contributed by atoms with Gasteiger partial charge in [0.2, 0.25) is 0 Å². The number of rotatable bonds is 2. The van der Waals surface area contributed by atoms with E-state index < -0.39 is 0 Å². The van der Waals surface area contributed by atoms with E-state index in [0.29, 0.717) is 12.0 Å². The van der Waals surface area contributed by atoms with Crippen LogP contribution in [0.1, 0.15) is 43.2 Å². The first-order valence-electron chi connectivity index (χ1n) is 6.52. The summed E-state index contributed by atoms with van der Waals surface area (Å²) in [4.78, 5) is 0. The highest BCUT2D eigenvalue weighted by Gasteiger charge is 2.27. The molecule has 0 N–H and O–H groups in total. The Hall–Kier alpha value is -0.130. The van der Waals surface area contributed by atoms with Crippen molar-refractivity contribution in [2.45, 2.75) is 46.5 Å². The second-order valence-electron chi connectivity index (χ2n) is 5.37. The van der Waals surface area contributed by atoms with Crippen LogP contribution in [0.15, 0.2) is 12.1 Å². The van der Waals surface area contributed by atoms with Gasteiger partial charge in [-0.2, -0.15) is 0 Å². The summed E-state index contributed by atoms with van der Waals surface area (Å²) in [7, 11) is 0. The summed E-state index contributed by atoms with van der Waals surface area (Å²) in [5.74, 6) is 0.542. The second-order valence-corrected chi connectivity index (χ2v) is 6.53. The lowest BCUT2D eigenvalue weighted by Crippen LogP contribution is -2.31. The van der Waals surface area contributed by atoms with Gasteiger partial charge in [-0.15, -0.1) is 0 Å². The van der Waals surface area contributed by atoms with Crippen molar-refractivity contribution in [2.75, 3.05) is 6.61 Å². The van der Waals surface area contributed by atoms with Gasteiger partial charge in [0.15, 0.2) is 6.29 Å². The molecule has 0 saturated carbocycles. The summed E-state index contributed by atoms with van der Waals surface area (Å²) in [6.07, 6.45) is 1.11. The smallest absolute Gasteiger partial charge is 0.184 e. The predicted octanol–water partition coefficient (Wildman–Crippen LogP) is 4.37. The molecule has 1 aliphatic rings. The van der Waals surface area contributed by atoms with Gasteiger partial charge < -0.3 is 9.47 Å². The zero-order valence-electron chi connectivity index (χ0n) is 11.5. The van der Waals surface area contributed by atoms with Gasteiger partial charge in [-0.1, -0.05) is 19.9 Å². The fourth-order valence-electron chi connectivity index (χ4n) is 2.30. The number of hydrogen-bond donors (Lipinski definition) is 0. The highest BCUT2D eigenvalue weighted by atomic mass is 127. The van der Waals surface area contributed by atoms with Crippen LogP contribution in [0.4, 0.5) is 0 Å². The molecule has 2 atom stereocenters. The van der Waals surface area contributed by atoms with Crippen molar-refractivity contribution in [1.29, 1.82) is 0 Å². The number of hydrogen-bond acceptors (Lipinski definition) is 2. The number of halogens is 1. The van der Waals surface area contributed by atoms with Crippen LogP contribution in [0.2, 0.25) is 0 Å². The van der Waals surface area contributed by atoms with Crippen LogP contribution >= 0.6 is 22.6 Å². The van der Waals surface area contributed by atoms with Crippen molar-refractivity contribution in [1.82, 2.24) is 0 Å². The van der Waals surface area contributed by atoms with Crippen LogP contribution in [0, 0.1) is 23.3 Å². The first-order valence-corrected chi connectivity index (χ1v) is 7.60. The first kappa shape index (κ1) is 14.3. The largest absolute Gasteiger partial charge is 0.348 e. The minimum Gasteiger partial charge on any atom is -0.348 e. The third-order valence-corrected chi connectivity index (χ3v) is 4.62. The van der Waals surface area contributed by atoms with Crippen LogP contribution in [0.25, 0.3) is 0 Å². The SMILES string of the molecule is Cc1cc(I)c(C)c(C2OCCC(C(C)C)O2)c1. The van der Waals surface area contributed by atoms with E-state index in [1.54, 1.807) is 0 Å². The maximum Gasteiger partial charge on any atom is 0.184 e. The van der Waals surface area contributed by atoms with E-state index in [2.05, 4.69) is 62.4 Å². The Labute approximate surface area is 123 Å². The van der Waals surface area contributed by atoms with E-state index in [9.17, 15) is 0 Å². The molecule has 1 saturated heterocycles. The molecule has 0 bridgehead atoms. The Morgan fingerprint density at radius 3 is 2.67 bits per heavy atom. The molecule has 1 aromatic rings. The molecule has 100 valence electrons. The van der Waals surface area contributed by atoms with Crippen molar-refractivity contribution < 1.29 is 9.47 Å². The second kappa shape index (κ2) is 5.88. The zero-order chi connectivity index (χ0) is 13.3. The first-order chi connectivity index (χ1) is 8.49. The molecule has 0 amide bonds. The summed E-state index contributed by atoms with van der Waals surface area (Å²) in [5.41, 5.74) is 3.72. The predicted molar refractivity (Wildman–Crippen MR) is 81.7 cm³/mol. The third kappa shape index (κ3) is 3.06. The van der Waals surface area contributed by atoms with Crippen molar-refractivity contribution in [3.8, 4) is 0 Å². The van der Waals surface area contributed by atoms with Gasteiger partial charge in [0, 0.05) is 9.13 Å². The molecule has 2 nitrogen and oxygen atoms in total. The maximum absolute atomic E-state index is 6.10. The highest BCUT2D eigenvalue weighted by Crippen LogP contribution is 2.33. The molecule has 1 aliphatic heterocycles. The standard InChI is InChI=1S/C15H21IO2/c1-9(2)14-5-6-17-15(18-14)12-7-10(3)8-13(16)11(12)4/h7-9,14-15H,5-6H2,1-4H3. The Kier molecular flexibility index (Phi) is 4.67. The lowest BCUT2D eigenvalue weighted by molar-refractivity contribution is -0.226. The fraction of sp³-hybridized carbons (Fsp3) is 0.600. The van der Waals surface area contributed by atoms with Crippen LogP contribution in [0.5, 0.6) is 0 Å². The molecule has 2 unspecified atom stereocenters. The third-order valence-electron chi connectivity index (χ3n) is 3.50. The van der Waals surface area contributed by atoms with Crippen molar-refractivity contribution >= 4 is 22.6 Å². The van der Waals surface area contributed by atoms with Gasteiger partial charge in [0.25, 0.3) is 0 Å². The molecule has 2 rings (SSSR count). The van der Waals surface area contributed by atoms with Crippen LogP contribution in [-0.4, -0.2) is 12.7 Å². The van der Waals surface area contributed by atoms with E-state index in [0.717, 1.165) is 13.0 Å². The normalized spacial score (nSPS) is 24.6. The Morgan fingerprint density at radius 1 is 1.28 bits per heavy atom. The van der Waals surface area contributed by atoms with Crippen LogP contribution in [-0.2, 0) is 9.47 Å². The number of benzene rings is 1. The van der Waals surface area contributed by atoms with Crippen molar-refractivity contribution in [3.05, 3.63) is 32.4 Å². The summed E-state index contributed by atoms with van der Waals surface area (Å²) in [5, 5.41) is 0. The highest BCUT2D eigenvalue weighted by molar-refractivity contribution is 14.1. The summed E-state index contributed by atoms with van der Waals surface area (Å²) < 4.78 is 13.2. The molecule has 1 fully saturated rings. The molecule has 0 radical (unpaired) electrons. The lowest BCUT2D eigenvalue weighted by Gasteiger charge is -2.33. The van der Waals surface area contributed by atoms with E-state index in [-0.39, 0.29) is 6.29 Å². The van der Waals surface area contributed by atoms with E-state index in [4.69, 9.17) is 9.47 Å². The summed E-state index contributed by atoms with van der Waals surface area (Å²) in [6, 6.07) is 4.38. The molecular weight excluding hydrogens is 339 g/mol. The summed E-state index contributed by atoms with van der Waals surface area (Å²) >= 11 is 2.38. The maximum atomic E-state index is 6.10. The molecule has 0 aliphatic carbocycles. The van der Waals surface area contributed by atoms with Gasteiger partial charge in [-0.05, 0) is 66.0 Å². The van der Waals surface area contributed by atoms with Crippen molar-refractivity contribution in [3.63, 3.8) is 0 Å².